The van der Waals surface area contributed by atoms with Crippen molar-refractivity contribution in [3.05, 3.63) is 20.5 Å². The first-order chi connectivity index (χ1) is 10.3. The van der Waals surface area contributed by atoms with Crippen LogP contribution < -0.4 is 5.32 Å². The lowest BCUT2D eigenvalue weighted by molar-refractivity contribution is 0.0281. The van der Waals surface area contributed by atoms with Crippen LogP contribution in [0.3, 0.4) is 0 Å². The fraction of sp³-hybridized carbons (Fsp3) is 0.625. The summed E-state index contributed by atoms with van der Waals surface area (Å²) in [4.78, 5) is 16.2. The maximum atomic E-state index is 12.1. The van der Waals surface area contributed by atoms with Gasteiger partial charge in [-0.2, -0.15) is 0 Å². The number of nitrogens with one attached hydrogen (secondary N) is 1. The molecule has 0 aliphatic rings. The molecule has 0 bridgehead atoms. The fourth-order valence-electron chi connectivity index (χ4n) is 1.83. The Hall–Kier alpha value is -0.760. The molecule has 0 fully saturated rings. The number of halogens is 2. The van der Waals surface area contributed by atoms with Crippen molar-refractivity contribution in [1.82, 2.24) is 10.3 Å². The summed E-state index contributed by atoms with van der Waals surface area (Å²) in [6.45, 7) is 11.7. The molecule has 1 atom stereocenters. The van der Waals surface area contributed by atoms with Crippen molar-refractivity contribution in [2.24, 2.45) is 5.41 Å². The highest BCUT2D eigenvalue weighted by Gasteiger charge is 2.30. The zero-order valence-corrected chi connectivity index (χ0v) is 17.2. The van der Waals surface area contributed by atoms with Crippen LogP contribution in [0.4, 0.5) is 4.79 Å². The van der Waals surface area contributed by atoms with Gasteiger partial charge in [-0.25, -0.2) is 9.78 Å². The van der Waals surface area contributed by atoms with E-state index in [4.69, 9.17) is 16.3 Å². The molecule has 0 spiro atoms. The number of hydrogen-bond acceptors (Lipinski definition) is 4. The van der Waals surface area contributed by atoms with Crippen LogP contribution in [-0.4, -0.2) is 27.8 Å². The van der Waals surface area contributed by atoms with Crippen molar-refractivity contribution in [3.63, 3.8) is 0 Å². The number of ether oxygens (including phenoxy) is 1. The lowest BCUT2D eigenvalue weighted by atomic mass is 9.85. The molecule has 1 aromatic rings. The average Bonchev–Trinajstić information content (AvgIpc) is 2.31. The van der Waals surface area contributed by atoms with Gasteiger partial charge in [-0.15, -0.1) is 0 Å². The van der Waals surface area contributed by atoms with Gasteiger partial charge in [-0.3, -0.25) is 0 Å². The van der Waals surface area contributed by atoms with E-state index in [1.54, 1.807) is 6.07 Å². The quantitative estimate of drug-likeness (QED) is 0.520. The zero-order valence-electron chi connectivity index (χ0n) is 14.3. The molecule has 5 nitrogen and oxygen atoms in total. The second-order valence-corrected chi connectivity index (χ2v) is 8.97. The summed E-state index contributed by atoms with van der Waals surface area (Å²) < 4.78 is 6.30. The molecule has 1 heterocycles. The maximum absolute atomic E-state index is 12.1. The van der Waals surface area contributed by atoms with Crippen LogP contribution in [0.15, 0.2) is 6.07 Å². The third-order valence-electron chi connectivity index (χ3n) is 3.08. The molecule has 0 saturated heterocycles. The van der Waals surface area contributed by atoms with Gasteiger partial charge in [-0.05, 0) is 60.4 Å². The third kappa shape index (κ3) is 6.71. The summed E-state index contributed by atoms with van der Waals surface area (Å²) in [7, 11) is 0. The predicted molar refractivity (Wildman–Crippen MR) is 99.9 cm³/mol. The van der Waals surface area contributed by atoms with Crippen LogP contribution in [0.5, 0.6) is 5.75 Å². The van der Waals surface area contributed by atoms with Crippen LogP contribution >= 0.6 is 34.2 Å². The van der Waals surface area contributed by atoms with E-state index >= 15 is 0 Å². The van der Waals surface area contributed by atoms with Crippen LogP contribution in [0.25, 0.3) is 0 Å². The van der Waals surface area contributed by atoms with Gasteiger partial charge in [0.25, 0.3) is 0 Å². The van der Waals surface area contributed by atoms with Crippen molar-refractivity contribution < 1.29 is 14.6 Å². The van der Waals surface area contributed by atoms with E-state index < -0.39 is 6.09 Å². The second-order valence-electron chi connectivity index (χ2n) is 7.59. The van der Waals surface area contributed by atoms with E-state index in [9.17, 15) is 9.90 Å². The van der Waals surface area contributed by atoms with Gasteiger partial charge < -0.3 is 15.2 Å². The SMILES string of the molecule is CC(C)(C)NC(=O)O[C@H](Cc1cc(O)c(Cl)nc1I)C(C)(C)C. The molecule has 1 rings (SSSR count). The van der Waals surface area contributed by atoms with Crippen LogP contribution in [0.1, 0.15) is 47.1 Å². The van der Waals surface area contributed by atoms with Crippen LogP contribution in [0.2, 0.25) is 5.15 Å². The number of aromatic nitrogens is 1. The molecule has 0 radical (unpaired) electrons. The molecular formula is C16H24ClIN2O3. The van der Waals surface area contributed by atoms with Crippen molar-refractivity contribution in [2.45, 2.75) is 59.6 Å². The Balaban J connectivity index is 2.97. The van der Waals surface area contributed by atoms with Gasteiger partial charge in [0.15, 0.2) is 10.9 Å². The van der Waals surface area contributed by atoms with E-state index in [2.05, 4.69) is 32.9 Å². The number of carbonyl (C=O) groups excluding carboxylic acids is 1. The molecule has 1 aromatic heterocycles. The highest BCUT2D eigenvalue weighted by atomic mass is 127. The lowest BCUT2D eigenvalue weighted by Crippen LogP contribution is -2.44. The number of pyridine rings is 1. The van der Waals surface area contributed by atoms with Crippen molar-refractivity contribution in [1.29, 1.82) is 0 Å². The number of alkyl carbamates (subject to hydrolysis) is 1. The monoisotopic (exact) mass is 454 g/mol. The fourth-order valence-corrected chi connectivity index (χ4v) is 2.73. The summed E-state index contributed by atoms with van der Waals surface area (Å²) in [5.41, 5.74) is 0.151. The van der Waals surface area contributed by atoms with Gasteiger partial charge in [-0.1, -0.05) is 32.4 Å². The number of amides is 1. The molecule has 0 unspecified atom stereocenters. The molecule has 0 aliphatic heterocycles. The molecule has 2 N–H and O–H groups in total. The van der Waals surface area contributed by atoms with E-state index in [1.807, 2.05) is 41.5 Å². The first-order valence-corrected chi connectivity index (χ1v) is 8.78. The van der Waals surface area contributed by atoms with E-state index in [1.165, 1.54) is 0 Å². The molecule has 0 saturated carbocycles. The number of hydrogen-bond donors (Lipinski definition) is 2. The summed E-state index contributed by atoms with van der Waals surface area (Å²) >= 11 is 7.87. The van der Waals surface area contributed by atoms with Gasteiger partial charge in [0.1, 0.15) is 9.80 Å². The Morgan fingerprint density at radius 2 is 1.96 bits per heavy atom. The minimum Gasteiger partial charge on any atom is -0.505 e. The molecule has 0 aliphatic carbocycles. The van der Waals surface area contributed by atoms with Crippen LogP contribution in [0, 0.1) is 9.12 Å². The molecule has 0 aromatic carbocycles. The number of nitrogens with zero attached hydrogens (tertiary/aromatic N) is 1. The minimum atomic E-state index is -0.460. The summed E-state index contributed by atoms with van der Waals surface area (Å²) in [5.74, 6) is -0.0751. The van der Waals surface area contributed by atoms with Crippen molar-refractivity contribution >= 4 is 40.3 Å². The largest absolute Gasteiger partial charge is 0.505 e. The van der Waals surface area contributed by atoms with Gasteiger partial charge in [0.05, 0.1) is 0 Å². The normalized spacial score (nSPS) is 13.6. The maximum Gasteiger partial charge on any atom is 0.407 e. The Labute approximate surface area is 156 Å². The Kier molecular flexibility index (Phi) is 6.55. The molecule has 23 heavy (non-hydrogen) atoms. The second kappa shape index (κ2) is 7.42. The molecule has 130 valence electrons. The lowest BCUT2D eigenvalue weighted by Gasteiger charge is -2.32. The minimum absolute atomic E-state index is 0.0665. The van der Waals surface area contributed by atoms with E-state index in [0.717, 1.165) is 5.56 Å². The predicted octanol–water partition coefficient (Wildman–Crippen LogP) is 4.53. The topological polar surface area (TPSA) is 71.5 Å². The van der Waals surface area contributed by atoms with Crippen molar-refractivity contribution in [3.8, 4) is 5.75 Å². The standard InChI is InChI=1S/C16H24ClIN2O3/c1-15(2,3)11(23-14(22)20-16(4,5)6)8-9-7-10(21)12(17)19-13(9)18/h7,11,21H,8H2,1-6H3,(H,20,22)/t11-/m1/s1. The number of rotatable bonds is 3. The highest BCUT2D eigenvalue weighted by molar-refractivity contribution is 14.1. The van der Waals surface area contributed by atoms with Gasteiger partial charge in [0.2, 0.25) is 0 Å². The molecule has 1 amide bonds. The number of aromatic hydroxyl groups is 1. The number of carbonyl (C=O) groups is 1. The van der Waals surface area contributed by atoms with Crippen LogP contribution in [-0.2, 0) is 11.2 Å². The average molecular weight is 455 g/mol. The zero-order chi connectivity index (χ0) is 18.0. The van der Waals surface area contributed by atoms with Gasteiger partial charge in [0, 0.05) is 12.0 Å². The van der Waals surface area contributed by atoms with Gasteiger partial charge >= 0.3 is 6.09 Å². The van der Waals surface area contributed by atoms with E-state index in [0.29, 0.717) is 10.1 Å². The Bertz CT molecular complexity index is 580. The Morgan fingerprint density at radius 1 is 1.39 bits per heavy atom. The Morgan fingerprint density at radius 3 is 2.43 bits per heavy atom. The first-order valence-electron chi connectivity index (χ1n) is 7.32. The summed E-state index contributed by atoms with van der Waals surface area (Å²) in [6, 6.07) is 1.57. The third-order valence-corrected chi connectivity index (χ3v) is 4.29. The summed E-state index contributed by atoms with van der Waals surface area (Å²) in [5, 5.41) is 12.6. The first kappa shape index (κ1) is 20.3. The molecular weight excluding hydrogens is 431 g/mol. The van der Waals surface area contributed by atoms with E-state index in [-0.39, 0.29) is 28.0 Å². The smallest absolute Gasteiger partial charge is 0.407 e. The molecule has 7 heteroatoms. The highest BCUT2D eigenvalue weighted by Crippen LogP contribution is 2.30. The van der Waals surface area contributed by atoms with Crippen molar-refractivity contribution in [2.75, 3.05) is 0 Å². The summed E-state index contributed by atoms with van der Waals surface area (Å²) in [6.07, 6.45) is -0.392.